The minimum atomic E-state index is -3.63. The summed E-state index contributed by atoms with van der Waals surface area (Å²) in [7, 11) is -3.63. The number of rotatable bonds is 5. The first-order valence-electron chi connectivity index (χ1n) is 8.59. The Kier molecular flexibility index (Phi) is 5.68. The number of hydrogen-bond acceptors (Lipinski definition) is 3. The maximum Gasteiger partial charge on any atom is 0.243 e. The summed E-state index contributed by atoms with van der Waals surface area (Å²) in [6, 6.07) is 13.4. The summed E-state index contributed by atoms with van der Waals surface area (Å²) in [5.74, 6) is -0.660. The molecule has 1 fully saturated rings. The highest BCUT2D eigenvalue weighted by molar-refractivity contribution is 7.89. The Balaban J connectivity index is 1.72. The molecule has 1 heterocycles. The standard InChI is InChI=1S/C19H21FN2O3S/c20-15-9-11-16(12-10-15)21-19(23)14-17-6-4-5-13-22(17)26(24,25)18-7-2-1-3-8-18/h1-3,7-12,17H,4-6,13-14H2,(H,21,23). The van der Waals surface area contributed by atoms with E-state index in [-0.39, 0.29) is 29.1 Å². The largest absolute Gasteiger partial charge is 0.326 e. The lowest BCUT2D eigenvalue weighted by Gasteiger charge is -2.34. The van der Waals surface area contributed by atoms with Gasteiger partial charge in [-0.1, -0.05) is 24.6 Å². The molecule has 2 aromatic rings. The lowest BCUT2D eigenvalue weighted by molar-refractivity contribution is -0.117. The molecule has 5 nitrogen and oxygen atoms in total. The fourth-order valence-corrected chi connectivity index (χ4v) is 4.90. The summed E-state index contributed by atoms with van der Waals surface area (Å²) in [4.78, 5) is 12.6. The summed E-state index contributed by atoms with van der Waals surface area (Å²) in [5.41, 5.74) is 0.490. The molecule has 2 aromatic carbocycles. The number of carbonyl (C=O) groups is 1. The molecule has 138 valence electrons. The summed E-state index contributed by atoms with van der Waals surface area (Å²) >= 11 is 0. The van der Waals surface area contributed by atoms with Gasteiger partial charge in [-0.25, -0.2) is 12.8 Å². The first-order chi connectivity index (χ1) is 12.5. The Morgan fingerprint density at radius 1 is 1.08 bits per heavy atom. The molecule has 1 unspecified atom stereocenters. The summed E-state index contributed by atoms with van der Waals surface area (Å²) in [6.07, 6.45) is 2.38. The van der Waals surface area contributed by atoms with Crippen LogP contribution in [0.4, 0.5) is 10.1 Å². The van der Waals surface area contributed by atoms with Crippen LogP contribution in [0.25, 0.3) is 0 Å². The summed E-state index contributed by atoms with van der Waals surface area (Å²) < 4.78 is 40.2. The molecule has 0 aromatic heterocycles. The minimum Gasteiger partial charge on any atom is -0.326 e. The molecule has 1 saturated heterocycles. The maximum atomic E-state index is 13.0. The van der Waals surface area contributed by atoms with E-state index in [0.717, 1.165) is 12.8 Å². The first kappa shape index (κ1) is 18.5. The van der Waals surface area contributed by atoms with E-state index >= 15 is 0 Å². The van der Waals surface area contributed by atoms with Crippen molar-refractivity contribution in [2.45, 2.75) is 36.6 Å². The van der Waals surface area contributed by atoms with E-state index in [1.165, 1.54) is 28.6 Å². The predicted octanol–water partition coefficient (Wildman–Crippen LogP) is 3.40. The number of hydrogen-bond donors (Lipinski definition) is 1. The van der Waals surface area contributed by atoms with Crippen molar-refractivity contribution in [1.29, 1.82) is 0 Å². The third kappa shape index (κ3) is 4.28. The second-order valence-corrected chi connectivity index (χ2v) is 8.23. The normalized spacial score (nSPS) is 18.4. The maximum absolute atomic E-state index is 13.0. The number of halogens is 1. The van der Waals surface area contributed by atoms with E-state index in [4.69, 9.17) is 0 Å². The minimum absolute atomic E-state index is 0.0729. The Morgan fingerprint density at radius 2 is 1.77 bits per heavy atom. The topological polar surface area (TPSA) is 66.5 Å². The number of benzene rings is 2. The molecule has 1 amide bonds. The molecule has 0 aliphatic carbocycles. The van der Waals surface area contributed by atoms with Crippen molar-refractivity contribution in [3.8, 4) is 0 Å². The third-order valence-corrected chi connectivity index (χ3v) is 6.44. The van der Waals surface area contributed by atoms with Crippen molar-refractivity contribution in [2.24, 2.45) is 0 Å². The van der Waals surface area contributed by atoms with Crippen LogP contribution in [0.3, 0.4) is 0 Å². The van der Waals surface area contributed by atoms with Crippen LogP contribution in [0.2, 0.25) is 0 Å². The number of amides is 1. The molecule has 26 heavy (non-hydrogen) atoms. The van der Waals surface area contributed by atoms with E-state index in [1.807, 2.05) is 0 Å². The lowest BCUT2D eigenvalue weighted by Crippen LogP contribution is -2.45. The predicted molar refractivity (Wildman–Crippen MR) is 97.6 cm³/mol. The van der Waals surface area contributed by atoms with Gasteiger partial charge in [-0.15, -0.1) is 0 Å². The monoisotopic (exact) mass is 376 g/mol. The zero-order valence-electron chi connectivity index (χ0n) is 14.3. The molecule has 0 spiro atoms. The van der Waals surface area contributed by atoms with Gasteiger partial charge in [0.15, 0.2) is 0 Å². The van der Waals surface area contributed by atoms with Crippen molar-refractivity contribution >= 4 is 21.6 Å². The molecular weight excluding hydrogens is 355 g/mol. The van der Waals surface area contributed by atoms with Gasteiger partial charge >= 0.3 is 0 Å². The van der Waals surface area contributed by atoms with Gasteiger partial charge in [0.25, 0.3) is 0 Å². The van der Waals surface area contributed by atoms with E-state index in [9.17, 15) is 17.6 Å². The Labute approximate surface area is 152 Å². The first-order valence-corrected chi connectivity index (χ1v) is 10.0. The average Bonchev–Trinajstić information content (AvgIpc) is 2.64. The zero-order chi connectivity index (χ0) is 18.6. The van der Waals surface area contributed by atoms with E-state index in [0.29, 0.717) is 18.7 Å². The van der Waals surface area contributed by atoms with E-state index in [2.05, 4.69) is 5.32 Å². The van der Waals surface area contributed by atoms with E-state index in [1.54, 1.807) is 30.3 Å². The lowest BCUT2D eigenvalue weighted by atomic mass is 10.0. The van der Waals surface area contributed by atoms with Gasteiger partial charge in [0, 0.05) is 24.7 Å². The van der Waals surface area contributed by atoms with Crippen LogP contribution in [0.1, 0.15) is 25.7 Å². The van der Waals surface area contributed by atoms with E-state index < -0.39 is 10.0 Å². The summed E-state index contributed by atoms with van der Waals surface area (Å²) in [6.45, 7) is 0.408. The van der Waals surface area contributed by atoms with Crippen molar-refractivity contribution in [1.82, 2.24) is 4.31 Å². The highest BCUT2D eigenvalue weighted by Crippen LogP contribution is 2.27. The molecular formula is C19H21FN2O3S. The van der Waals surface area contributed by atoms with Crippen molar-refractivity contribution < 1.29 is 17.6 Å². The smallest absolute Gasteiger partial charge is 0.243 e. The molecule has 1 atom stereocenters. The Morgan fingerprint density at radius 3 is 2.46 bits per heavy atom. The van der Waals surface area contributed by atoms with Gasteiger partial charge in [-0.05, 0) is 49.2 Å². The molecule has 1 N–H and O–H groups in total. The van der Waals surface area contributed by atoms with Crippen LogP contribution in [0.5, 0.6) is 0 Å². The molecule has 7 heteroatoms. The van der Waals surface area contributed by atoms with Gasteiger partial charge in [-0.2, -0.15) is 4.31 Å². The molecule has 0 radical (unpaired) electrons. The van der Waals surface area contributed by atoms with Crippen LogP contribution in [-0.4, -0.2) is 31.2 Å². The molecule has 1 aliphatic heterocycles. The number of nitrogens with one attached hydrogen (secondary N) is 1. The Bertz CT molecular complexity index is 854. The summed E-state index contributed by atoms with van der Waals surface area (Å²) in [5, 5.41) is 2.70. The second kappa shape index (κ2) is 7.97. The SMILES string of the molecule is O=C(CC1CCCCN1S(=O)(=O)c1ccccc1)Nc1ccc(F)cc1. The number of carbonyl (C=O) groups excluding carboxylic acids is 1. The number of sulfonamides is 1. The highest BCUT2D eigenvalue weighted by Gasteiger charge is 2.34. The van der Waals surface area contributed by atoms with Gasteiger partial charge in [-0.3, -0.25) is 4.79 Å². The quantitative estimate of drug-likeness (QED) is 0.870. The molecule has 0 saturated carbocycles. The molecule has 1 aliphatic rings. The number of anilines is 1. The number of piperidine rings is 1. The fraction of sp³-hybridized carbons (Fsp3) is 0.316. The van der Waals surface area contributed by atoms with Crippen LogP contribution in [0, 0.1) is 5.82 Å². The van der Waals surface area contributed by atoms with Crippen molar-refractivity contribution in [2.75, 3.05) is 11.9 Å². The highest BCUT2D eigenvalue weighted by atomic mass is 32.2. The van der Waals surface area contributed by atoms with Gasteiger partial charge < -0.3 is 5.32 Å². The van der Waals surface area contributed by atoms with Crippen LogP contribution >= 0.6 is 0 Å². The van der Waals surface area contributed by atoms with Gasteiger partial charge in [0.1, 0.15) is 5.82 Å². The third-order valence-electron chi connectivity index (χ3n) is 4.47. The van der Waals surface area contributed by atoms with Crippen LogP contribution in [-0.2, 0) is 14.8 Å². The molecule has 0 bridgehead atoms. The molecule has 3 rings (SSSR count). The average molecular weight is 376 g/mol. The Hall–Kier alpha value is -2.25. The van der Waals surface area contributed by atoms with Gasteiger partial charge in [0.05, 0.1) is 4.90 Å². The van der Waals surface area contributed by atoms with Crippen molar-refractivity contribution in [3.63, 3.8) is 0 Å². The van der Waals surface area contributed by atoms with Crippen LogP contribution in [0.15, 0.2) is 59.5 Å². The second-order valence-electron chi connectivity index (χ2n) is 6.34. The van der Waals surface area contributed by atoms with Crippen LogP contribution < -0.4 is 5.32 Å². The van der Waals surface area contributed by atoms with Gasteiger partial charge in [0.2, 0.25) is 15.9 Å². The fourth-order valence-electron chi connectivity index (χ4n) is 3.18. The van der Waals surface area contributed by atoms with Crippen molar-refractivity contribution in [3.05, 3.63) is 60.4 Å². The zero-order valence-corrected chi connectivity index (χ0v) is 15.1. The number of nitrogens with zero attached hydrogens (tertiary/aromatic N) is 1.